The molecule has 0 fully saturated rings. The van der Waals surface area contributed by atoms with E-state index in [2.05, 4.69) is 22.1 Å². The number of nitrogens with zero attached hydrogens (tertiary/aromatic N) is 3. The molecule has 1 atom stereocenters. The Morgan fingerprint density at radius 2 is 2.40 bits per heavy atom. The predicted molar refractivity (Wildman–Crippen MR) is 57.3 cm³/mol. The smallest absolute Gasteiger partial charge is 0.130 e. The quantitative estimate of drug-likeness (QED) is 0.784. The van der Waals surface area contributed by atoms with Gasteiger partial charge in [0.1, 0.15) is 5.82 Å². The van der Waals surface area contributed by atoms with Crippen molar-refractivity contribution in [3.8, 4) is 0 Å². The molecule has 0 saturated carbocycles. The molecule has 2 aromatic heterocycles. The summed E-state index contributed by atoms with van der Waals surface area (Å²) in [5.74, 6) is 0.877. The van der Waals surface area contributed by atoms with Crippen LogP contribution in [0, 0.1) is 6.92 Å². The second kappa shape index (κ2) is 3.86. The Balaban J connectivity index is 2.36. The second-order valence-corrected chi connectivity index (χ2v) is 3.50. The Bertz CT molecular complexity index is 442. The molecule has 0 radical (unpaired) electrons. The number of imidazole rings is 1. The zero-order valence-corrected chi connectivity index (χ0v) is 8.94. The molecular weight excluding hydrogens is 190 g/mol. The number of hydrogen-bond acceptors (Lipinski definition) is 3. The first kappa shape index (κ1) is 9.92. The fourth-order valence-electron chi connectivity index (χ4n) is 1.68. The summed E-state index contributed by atoms with van der Waals surface area (Å²) < 4.78 is 2.04. The van der Waals surface area contributed by atoms with Crippen LogP contribution < -0.4 is 5.73 Å². The largest absolute Gasteiger partial charge is 0.334 e. The predicted octanol–water partition coefficient (Wildman–Crippen LogP) is 0.983. The van der Waals surface area contributed by atoms with Crippen LogP contribution in [0.5, 0.6) is 0 Å². The van der Waals surface area contributed by atoms with Crippen molar-refractivity contribution in [3.05, 3.63) is 35.7 Å². The Morgan fingerprint density at radius 3 is 3.00 bits per heavy atom. The van der Waals surface area contributed by atoms with E-state index in [0.29, 0.717) is 0 Å². The average molecular weight is 205 g/mol. The number of aromatic nitrogens is 4. The van der Waals surface area contributed by atoms with Crippen molar-refractivity contribution < 1.29 is 0 Å². The van der Waals surface area contributed by atoms with Gasteiger partial charge >= 0.3 is 0 Å². The number of rotatable bonds is 3. The summed E-state index contributed by atoms with van der Waals surface area (Å²) in [5.41, 5.74) is 8.13. The van der Waals surface area contributed by atoms with Gasteiger partial charge in [-0.25, -0.2) is 4.98 Å². The molecule has 2 heterocycles. The number of nitrogens with two attached hydrogens (primary N) is 1. The fourth-order valence-corrected chi connectivity index (χ4v) is 1.68. The molecular formula is C10H15N5. The van der Waals surface area contributed by atoms with E-state index in [-0.39, 0.29) is 6.04 Å². The van der Waals surface area contributed by atoms with Crippen LogP contribution in [0.3, 0.4) is 0 Å². The van der Waals surface area contributed by atoms with Crippen molar-refractivity contribution in [2.24, 2.45) is 5.73 Å². The maximum Gasteiger partial charge on any atom is 0.130 e. The van der Waals surface area contributed by atoms with Crippen LogP contribution in [0.4, 0.5) is 0 Å². The number of aryl methyl sites for hydroxylation is 2. The monoisotopic (exact) mass is 205 g/mol. The molecule has 0 aliphatic rings. The van der Waals surface area contributed by atoms with Crippen molar-refractivity contribution in [1.82, 2.24) is 19.7 Å². The molecule has 1 unspecified atom stereocenters. The number of H-pyrrole nitrogens is 1. The lowest BCUT2D eigenvalue weighted by molar-refractivity contribution is 0.655. The van der Waals surface area contributed by atoms with Gasteiger partial charge in [-0.3, -0.25) is 5.10 Å². The van der Waals surface area contributed by atoms with Gasteiger partial charge in [0.05, 0.1) is 12.2 Å². The van der Waals surface area contributed by atoms with Gasteiger partial charge in [0.25, 0.3) is 0 Å². The van der Waals surface area contributed by atoms with E-state index in [9.17, 15) is 0 Å². The lowest BCUT2D eigenvalue weighted by Gasteiger charge is -2.12. The lowest BCUT2D eigenvalue weighted by atomic mass is 10.1. The van der Waals surface area contributed by atoms with Crippen LogP contribution in [0.2, 0.25) is 0 Å². The summed E-state index contributed by atoms with van der Waals surface area (Å²) in [6.07, 6.45) is 5.47. The van der Waals surface area contributed by atoms with Gasteiger partial charge in [-0.05, 0) is 13.8 Å². The summed E-state index contributed by atoms with van der Waals surface area (Å²) in [6, 6.07) is -0.210. The molecule has 3 N–H and O–H groups in total. The third-order valence-electron chi connectivity index (χ3n) is 2.57. The maximum atomic E-state index is 6.14. The van der Waals surface area contributed by atoms with Gasteiger partial charge in [-0.2, -0.15) is 5.10 Å². The van der Waals surface area contributed by atoms with Gasteiger partial charge < -0.3 is 10.3 Å². The molecule has 0 aromatic carbocycles. The summed E-state index contributed by atoms with van der Waals surface area (Å²) in [5, 5.41) is 6.85. The minimum Gasteiger partial charge on any atom is -0.334 e. The summed E-state index contributed by atoms with van der Waals surface area (Å²) in [7, 11) is 0. The van der Waals surface area contributed by atoms with E-state index in [1.165, 1.54) is 0 Å². The number of nitrogens with one attached hydrogen (secondary N) is 1. The van der Waals surface area contributed by atoms with E-state index in [0.717, 1.165) is 23.6 Å². The number of aromatic amines is 1. The van der Waals surface area contributed by atoms with Crippen molar-refractivity contribution in [2.75, 3.05) is 0 Å². The SMILES string of the molecule is CCn1ccnc1C(N)c1cn[nH]c1C. The minimum absolute atomic E-state index is 0.210. The Hall–Kier alpha value is -1.62. The normalized spacial score (nSPS) is 13.0. The van der Waals surface area contributed by atoms with Crippen LogP contribution in [0.25, 0.3) is 0 Å². The molecule has 0 bridgehead atoms. The molecule has 0 aliphatic heterocycles. The molecule has 0 saturated heterocycles. The molecule has 15 heavy (non-hydrogen) atoms. The first-order valence-electron chi connectivity index (χ1n) is 5.00. The van der Waals surface area contributed by atoms with Gasteiger partial charge in [-0.15, -0.1) is 0 Å². The zero-order valence-electron chi connectivity index (χ0n) is 8.94. The van der Waals surface area contributed by atoms with Gasteiger partial charge in [-0.1, -0.05) is 0 Å². The van der Waals surface area contributed by atoms with Crippen molar-refractivity contribution in [3.63, 3.8) is 0 Å². The molecule has 5 nitrogen and oxygen atoms in total. The Labute approximate surface area is 88.3 Å². The summed E-state index contributed by atoms with van der Waals surface area (Å²) >= 11 is 0. The average Bonchev–Trinajstić information content (AvgIpc) is 2.84. The highest BCUT2D eigenvalue weighted by Crippen LogP contribution is 2.19. The van der Waals surface area contributed by atoms with Crippen LogP contribution in [-0.4, -0.2) is 19.7 Å². The van der Waals surface area contributed by atoms with E-state index < -0.39 is 0 Å². The highest BCUT2D eigenvalue weighted by atomic mass is 15.1. The number of hydrogen-bond donors (Lipinski definition) is 2. The molecule has 5 heteroatoms. The third-order valence-corrected chi connectivity index (χ3v) is 2.57. The Kier molecular flexibility index (Phi) is 2.55. The minimum atomic E-state index is -0.210. The topological polar surface area (TPSA) is 72.5 Å². The van der Waals surface area contributed by atoms with Gasteiger partial charge in [0, 0.05) is 30.2 Å². The van der Waals surface area contributed by atoms with Crippen molar-refractivity contribution in [2.45, 2.75) is 26.4 Å². The van der Waals surface area contributed by atoms with E-state index in [1.54, 1.807) is 12.4 Å². The van der Waals surface area contributed by atoms with Crippen molar-refractivity contribution >= 4 is 0 Å². The maximum absolute atomic E-state index is 6.14. The van der Waals surface area contributed by atoms with Crippen LogP contribution in [0.15, 0.2) is 18.6 Å². The molecule has 0 spiro atoms. The van der Waals surface area contributed by atoms with Gasteiger partial charge in [0.2, 0.25) is 0 Å². The second-order valence-electron chi connectivity index (χ2n) is 3.50. The molecule has 2 rings (SSSR count). The lowest BCUT2D eigenvalue weighted by Crippen LogP contribution is -2.17. The van der Waals surface area contributed by atoms with E-state index >= 15 is 0 Å². The highest BCUT2D eigenvalue weighted by molar-refractivity contribution is 5.25. The highest BCUT2D eigenvalue weighted by Gasteiger charge is 2.17. The van der Waals surface area contributed by atoms with E-state index in [1.807, 2.05) is 17.7 Å². The fraction of sp³-hybridized carbons (Fsp3) is 0.400. The molecule has 0 amide bonds. The first-order chi connectivity index (χ1) is 7.24. The van der Waals surface area contributed by atoms with E-state index in [4.69, 9.17) is 5.73 Å². The van der Waals surface area contributed by atoms with Crippen LogP contribution in [-0.2, 0) is 6.54 Å². The van der Waals surface area contributed by atoms with Gasteiger partial charge in [0.15, 0.2) is 0 Å². The standard InChI is InChI=1S/C10H15N5/c1-3-15-5-4-12-10(15)9(11)8-6-13-14-7(8)2/h4-6,9H,3,11H2,1-2H3,(H,13,14). The zero-order chi connectivity index (χ0) is 10.8. The molecule has 80 valence electrons. The Morgan fingerprint density at radius 1 is 1.60 bits per heavy atom. The summed E-state index contributed by atoms with van der Waals surface area (Å²) in [6.45, 7) is 4.90. The van der Waals surface area contributed by atoms with Crippen molar-refractivity contribution in [1.29, 1.82) is 0 Å². The molecule has 2 aromatic rings. The van der Waals surface area contributed by atoms with Crippen LogP contribution >= 0.6 is 0 Å². The molecule has 0 aliphatic carbocycles. The van der Waals surface area contributed by atoms with Crippen LogP contribution in [0.1, 0.15) is 30.0 Å². The summed E-state index contributed by atoms with van der Waals surface area (Å²) in [4.78, 5) is 4.28. The third kappa shape index (κ3) is 1.66. The first-order valence-corrected chi connectivity index (χ1v) is 5.00.